The van der Waals surface area contributed by atoms with Gasteiger partial charge in [-0.15, -0.1) is 0 Å². The van der Waals surface area contributed by atoms with E-state index >= 15 is 0 Å². The van der Waals surface area contributed by atoms with Crippen LogP contribution in [0.2, 0.25) is 0 Å². The molecule has 2 aromatic carbocycles. The number of carbonyl (C=O) groups excluding carboxylic acids is 1. The molecule has 2 aliphatic heterocycles. The fourth-order valence-electron chi connectivity index (χ4n) is 4.91. The van der Waals surface area contributed by atoms with Gasteiger partial charge < -0.3 is 15.3 Å². The highest BCUT2D eigenvalue weighted by atomic mass is 19.1. The van der Waals surface area contributed by atoms with Gasteiger partial charge in [0.2, 0.25) is 5.91 Å². The number of carbonyl (C=O) groups is 1. The molecule has 3 atom stereocenters. The van der Waals surface area contributed by atoms with E-state index in [1.807, 2.05) is 35.2 Å². The Bertz CT molecular complexity index is 1230. The Balaban J connectivity index is 1.47. The zero-order chi connectivity index (χ0) is 22.8. The van der Waals surface area contributed by atoms with E-state index in [0.717, 1.165) is 28.8 Å². The molecule has 0 unspecified atom stereocenters. The van der Waals surface area contributed by atoms with Gasteiger partial charge in [-0.1, -0.05) is 24.0 Å². The fourth-order valence-corrected chi connectivity index (χ4v) is 4.91. The van der Waals surface area contributed by atoms with E-state index in [2.05, 4.69) is 22.1 Å². The number of likely N-dealkylation sites (tertiary alicyclic amines) is 1. The topological polar surface area (TPSA) is 65.5 Å². The molecule has 5 rings (SSSR count). The summed E-state index contributed by atoms with van der Waals surface area (Å²) in [7, 11) is 0. The first-order valence-electron chi connectivity index (χ1n) is 11.1. The Morgan fingerprint density at radius 2 is 2.00 bits per heavy atom. The highest BCUT2D eigenvalue weighted by molar-refractivity contribution is 5.80. The van der Waals surface area contributed by atoms with Gasteiger partial charge in [-0.3, -0.25) is 9.78 Å². The minimum absolute atomic E-state index is 0.00632. The summed E-state index contributed by atoms with van der Waals surface area (Å²) in [6.45, 7) is 0.650. The lowest BCUT2D eigenvalue weighted by Crippen LogP contribution is -2.43. The normalized spacial score (nSPS) is 20.8. The summed E-state index contributed by atoms with van der Waals surface area (Å²) in [6.07, 6.45) is 4.53. The lowest BCUT2D eigenvalue weighted by molar-refractivity contribution is -0.131. The molecule has 1 amide bonds. The molecule has 166 valence electrons. The smallest absolute Gasteiger partial charge is 0.227 e. The van der Waals surface area contributed by atoms with Crippen LogP contribution in [-0.4, -0.2) is 40.1 Å². The highest BCUT2D eigenvalue weighted by Gasteiger charge is 2.45. The second-order valence-electron chi connectivity index (χ2n) is 8.52. The SMILES string of the molecule is O=C(Cc1cccnc1)N1CC[C@H]2[C@H](CO)Nc3ccc(C#Cc4cccc(F)c4)cc3[C@H]21. The number of amides is 1. The van der Waals surface area contributed by atoms with Gasteiger partial charge in [0.05, 0.1) is 25.1 Å². The Morgan fingerprint density at radius 1 is 1.15 bits per heavy atom. The van der Waals surface area contributed by atoms with Gasteiger partial charge >= 0.3 is 0 Å². The average molecular weight is 442 g/mol. The number of rotatable bonds is 3. The summed E-state index contributed by atoms with van der Waals surface area (Å²) < 4.78 is 13.5. The molecular weight excluding hydrogens is 417 g/mol. The van der Waals surface area contributed by atoms with Gasteiger partial charge in [0, 0.05) is 41.7 Å². The largest absolute Gasteiger partial charge is 0.394 e. The van der Waals surface area contributed by atoms with Gasteiger partial charge in [0.15, 0.2) is 0 Å². The second-order valence-corrected chi connectivity index (χ2v) is 8.52. The van der Waals surface area contributed by atoms with Crippen LogP contribution >= 0.6 is 0 Å². The van der Waals surface area contributed by atoms with Crippen LogP contribution < -0.4 is 5.32 Å². The minimum Gasteiger partial charge on any atom is -0.394 e. The Kier molecular flexibility index (Phi) is 5.80. The summed E-state index contributed by atoms with van der Waals surface area (Å²) in [5.74, 6) is 5.99. The van der Waals surface area contributed by atoms with Crippen molar-refractivity contribution in [1.82, 2.24) is 9.88 Å². The summed E-state index contributed by atoms with van der Waals surface area (Å²) in [5, 5.41) is 13.4. The summed E-state index contributed by atoms with van der Waals surface area (Å²) in [5.41, 5.74) is 4.21. The van der Waals surface area contributed by atoms with E-state index in [9.17, 15) is 14.3 Å². The van der Waals surface area contributed by atoms with Crippen molar-refractivity contribution < 1.29 is 14.3 Å². The number of aliphatic hydroxyl groups excluding tert-OH is 1. The highest BCUT2D eigenvalue weighted by Crippen LogP contribution is 2.46. The van der Waals surface area contributed by atoms with Crippen LogP contribution in [0.3, 0.4) is 0 Å². The molecule has 0 aliphatic carbocycles. The quantitative estimate of drug-likeness (QED) is 0.611. The Hall–Kier alpha value is -3.69. The standard InChI is InChI=1S/C27H24FN3O2/c28-21-5-1-3-18(13-21)6-7-19-8-9-24-23(14-19)27-22(25(17-32)30-24)10-12-31(27)26(33)15-20-4-2-11-29-16-20/h1-5,8-9,11,13-14,16,22,25,27,30,32H,10,12,15,17H2/t22-,25-,27-/m0/s1. The molecule has 1 fully saturated rings. The second kappa shape index (κ2) is 9.05. The van der Waals surface area contributed by atoms with Crippen molar-refractivity contribution in [2.75, 3.05) is 18.5 Å². The van der Waals surface area contributed by atoms with E-state index in [1.54, 1.807) is 24.5 Å². The number of hydrogen-bond acceptors (Lipinski definition) is 4. The third kappa shape index (κ3) is 4.33. The van der Waals surface area contributed by atoms with Crippen molar-refractivity contribution in [3.63, 3.8) is 0 Å². The maximum Gasteiger partial charge on any atom is 0.227 e. The van der Waals surface area contributed by atoms with Crippen molar-refractivity contribution >= 4 is 11.6 Å². The molecule has 2 aliphatic rings. The van der Waals surface area contributed by atoms with Crippen LogP contribution in [0.15, 0.2) is 67.0 Å². The van der Waals surface area contributed by atoms with Crippen LogP contribution in [0, 0.1) is 23.6 Å². The molecule has 0 saturated carbocycles. The van der Waals surface area contributed by atoms with E-state index < -0.39 is 0 Å². The van der Waals surface area contributed by atoms with E-state index in [4.69, 9.17) is 0 Å². The summed E-state index contributed by atoms with van der Waals surface area (Å²) >= 11 is 0. The first-order chi connectivity index (χ1) is 16.1. The van der Waals surface area contributed by atoms with Gasteiger partial charge in [-0.2, -0.15) is 0 Å². The minimum atomic E-state index is -0.317. The van der Waals surface area contributed by atoms with Crippen LogP contribution in [0.4, 0.5) is 10.1 Å². The predicted octanol–water partition coefficient (Wildman–Crippen LogP) is 3.54. The number of nitrogens with one attached hydrogen (secondary N) is 1. The van der Waals surface area contributed by atoms with Crippen molar-refractivity contribution in [3.8, 4) is 11.8 Å². The number of halogens is 1. The number of fused-ring (bicyclic) bond motifs is 3. The molecule has 0 radical (unpaired) electrons. The molecular formula is C27H24FN3O2. The predicted molar refractivity (Wildman–Crippen MR) is 124 cm³/mol. The number of hydrogen-bond donors (Lipinski definition) is 2. The lowest BCUT2D eigenvalue weighted by Gasteiger charge is -2.39. The zero-order valence-electron chi connectivity index (χ0n) is 18.0. The van der Waals surface area contributed by atoms with Crippen molar-refractivity contribution in [2.24, 2.45) is 5.92 Å². The van der Waals surface area contributed by atoms with Crippen molar-refractivity contribution in [1.29, 1.82) is 0 Å². The molecule has 1 aromatic heterocycles. The molecule has 2 N–H and O–H groups in total. The maximum atomic E-state index is 13.5. The van der Waals surface area contributed by atoms with Gasteiger partial charge in [-0.25, -0.2) is 4.39 Å². The number of pyridine rings is 1. The Labute approximate surface area is 192 Å². The van der Waals surface area contributed by atoms with E-state index in [1.165, 1.54) is 12.1 Å². The summed E-state index contributed by atoms with van der Waals surface area (Å²) in [4.78, 5) is 19.3. The van der Waals surface area contributed by atoms with Crippen LogP contribution in [0.5, 0.6) is 0 Å². The monoisotopic (exact) mass is 441 g/mol. The van der Waals surface area contributed by atoms with Crippen LogP contribution in [0.25, 0.3) is 0 Å². The first kappa shape index (κ1) is 21.2. The molecule has 33 heavy (non-hydrogen) atoms. The van der Waals surface area contributed by atoms with E-state index in [-0.39, 0.29) is 36.3 Å². The lowest BCUT2D eigenvalue weighted by atomic mass is 9.82. The molecule has 3 aromatic rings. The van der Waals surface area contributed by atoms with Gasteiger partial charge in [0.1, 0.15) is 5.82 Å². The number of aliphatic hydroxyl groups is 1. The van der Waals surface area contributed by atoms with Crippen LogP contribution in [-0.2, 0) is 11.2 Å². The molecule has 3 heterocycles. The van der Waals surface area contributed by atoms with Gasteiger partial charge in [0.25, 0.3) is 0 Å². The first-order valence-corrected chi connectivity index (χ1v) is 11.1. The maximum absolute atomic E-state index is 13.5. The molecule has 5 nitrogen and oxygen atoms in total. The average Bonchev–Trinajstić information content (AvgIpc) is 3.29. The Morgan fingerprint density at radius 3 is 2.76 bits per heavy atom. The fraction of sp³-hybridized carbons (Fsp3) is 0.259. The summed E-state index contributed by atoms with van der Waals surface area (Å²) in [6, 6.07) is 15.6. The van der Waals surface area contributed by atoms with Gasteiger partial charge in [-0.05, 0) is 60.0 Å². The third-order valence-corrected chi connectivity index (χ3v) is 6.44. The van der Waals surface area contributed by atoms with E-state index in [0.29, 0.717) is 18.5 Å². The molecule has 0 bridgehead atoms. The molecule has 1 saturated heterocycles. The molecule has 6 heteroatoms. The molecule has 0 spiro atoms. The number of anilines is 1. The number of aromatic nitrogens is 1. The van der Waals surface area contributed by atoms with Crippen molar-refractivity contribution in [3.05, 3.63) is 95.1 Å². The van der Waals surface area contributed by atoms with Crippen molar-refractivity contribution in [2.45, 2.75) is 24.9 Å². The third-order valence-electron chi connectivity index (χ3n) is 6.44. The number of nitrogens with zero attached hydrogens (tertiary/aromatic N) is 2. The van der Waals surface area contributed by atoms with Crippen LogP contribution in [0.1, 0.15) is 34.7 Å². The number of benzene rings is 2. The zero-order valence-corrected chi connectivity index (χ0v) is 18.0.